The van der Waals surface area contributed by atoms with E-state index in [1.165, 1.54) is 0 Å². The smallest absolute Gasteiger partial charge is 0.251 e. The van der Waals surface area contributed by atoms with Gasteiger partial charge >= 0.3 is 0 Å². The van der Waals surface area contributed by atoms with E-state index in [1.54, 1.807) is 18.2 Å². The molecule has 0 aromatic heterocycles. The number of benzene rings is 1. The molecule has 18 heavy (non-hydrogen) atoms. The maximum atomic E-state index is 11.9. The van der Waals surface area contributed by atoms with Gasteiger partial charge in [-0.1, -0.05) is 11.6 Å². The molecule has 1 heterocycles. The van der Waals surface area contributed by atoms with E-state index < -0.39 is 0 Å². The Morgan fingerprint density at radius 3 is 2.83 bits per heavy atom. The fourth-order valence-corrected chi connectivity index (χ4v) is 2.42. The van der Waals surface area contributed by atoms with Crippen molar-refractivity contribution in [3.63, 3.8) is 0 Å². The monoisotopic (exact) mass is 331 g/mol. The number of amides is 1. The summed E-state index contributed by atoms with van der Waals surface area (Å²) < 4.78 is 6.03. The third kappa shape index (κ3) is 3.70. The Hall–Kier alpha value is -0.580. The van der Waals surface area contributed by atoms with Crippen LogP contribution < -0.4 is 5.32 Å². The number of nitrogens with one attached hydrogen (secondary N) is 1. The fraction of sp³-hybridized carbons (Fsp3) is 0.462. The quantitative estimate of drug-likeness (QED) is 0.922. The molecule has 1 aliphatic heterocycles. The van der Waals surface area contributed by atoms with Gasteiger partial charge in [-0.05, 0) is 52.9 Å². The normalized spacial score (nSPS) is 16.6. The second-order valence-corrected chi connectivity index (χ2v) is 5.66. The summed E-state index contributed by atoms with van der Waals surface area (Å²) in [7, 11) is 0. The van der Waals surface area contributed by atoms with Crippen molar-refractivity contribution in [3.8, 4) is 0 Å². The molecule has 1 fully saturated rings. The largest absolute Gasteiger partial charge is 0.381 e. The SMILES string of the molecule is O=C(NCC1CCOCC1)c1ccc(Cl)c(Br)c1. The van der Waals surface area contributed by atoms with Crippen molar-refractivity contribution in [2.45, 2.75) is 12.8 Å². The van der Waals surface area contributed by atoms with Gasteiger partial charge in [0, 0.05) is 29.8 Å². The first kappa shape index (κ1) is 13.8. The van der Waals surface area contributed by atoms with E-state index in [0.717, 1.165) is 30.5 Å². The third-order valence-corrected chi connectivity index (χ3v) is 4.29. The van der Waals surface area contributed by atoms with Gasteiger partial charge in [0.1, 0.15) is 0 Å². The summed E-state index contributed by atoms with van der Waals surface area (Å²) in [5.41, 5.74) is 0.623. The maximum absolute atomic E-state index is 11.9. The van der Waals surface area contributed by atoms with E-state index in [1.807, 2.05) is 0 Å². The van der Waals surface area contributed by atoms with Crippen LogP contribution in [0.25, 0.3) is 0 Å². The van der Waals surface area contributed by atoms with Gasteiger partial charge in [-0.3, -0.25) is 4.79 Å². The van der Waals surface area contributed by atoms with Gasteiger partial charge in [0.15, 0.2) is 0 Å². The molecule has 1 amide bonds. The molecule has 1 aromatic rings. The highest BCUT2D eigenvalue weighted by atomic mass is 79.9. The van der Waals surface area contributed by atoms with Crippen LogP contribution in [-0.2, 0) is 4.74 Å². The van der Waals surface area contributed by atoms with E-state index in [-0.39, 0.29) is 5.91 Å². The Balaban J connectivity index is 1.88. The topological polar surface area (TPSA) is 38.3 Å². The molecule has 0 aliphatic carbocycles. The van der Waals surface area contributed by atoms with Gasteiger partial charge in [0.25, 0.3) is 5.91 Å². The van der Waals surface area contributed by atoms with Gasteiger partial charge < -0.3 is 10.1 Å². The number of halogens is 2. The van der Waals surface area contributed by atoms with E-state index in [9.17, 15) is 4.79 Å². The fourth-order valence-electron chi connectivity index (χ4n) is 1.93. The summed E-state index contributed by atoms with van der Waals surface area (Å²) in [4.78, 5) is 11.9. The van der Waals surface area contributed by atoms with Crippen LogP contribution in [-0.4, -0.2) is 25.7 Å². The van der Waals surface area contributed by atoms with E-state index in [0.29, 0.717) is 23.0 Å². The van der Waals surface area contributed by atoms with Crippen LogP contribution in [0.5, 0.6) is 0 Å². The van der Waals surface area contributed by atoms with Crippen LogP contribution in [0.15, 0.2) is 22.7 Å². The first-order chi connectivity index (χ1) is 8.66. The molecule has 1 saturated heterocycles. The number of carbonyl (C=O) groups is 1. The van der Waals surface area contributed by atoms with Gasteiger partial charge in [-0.2, -0.15) is 0 Å². The molecule has 0 spiro atoms. The Labute approximate surface area is 120 Å². The molecule has 0 unspecified atom stereocenters. The molecule has 1 N–H and O–H groups in total. The third-order valence-electron chi connectivity index (χ3n) is 3.07. The molecule has 2 rings (SSSR count). The number of rotatable bonds is 3. The van der Waals surface area contributed by atoms with Crippen molar-refractivity contribution in [2.75, 3.05) is 19.8 Å². The Kier molecular flexibility index (Phi) is 5.03. The molecular weight excluding hydrogens is 318 g/mol. The van der Waals surface area contributed by atoms with E-state index in [4.69, 9.17) is 16.3 Å². The Bertz CT molecular complexity index is 433. The maximum Gasteiger partial charge on any atom is 0.251 e. The first-order valence-electron chi connectivity index (χ1n) is 5.98. The minimum Gasteiger partial charge on any atom is -0.381 e. The molecule has 0 radical (unpaired) electrons. The molecule has 5 heteroatoms. The molecule has 3 nitrogen and oxygen atoms in total. The van der Waals surface area contributed by atoms with E-state index >= 15 is 0 Å². The van der Waals surface area contributed by atoms with Crippen LogP contribution in [0.4, 0.5) is 0 Å². The van der Waals surface area contributed by atoms with Crippen molar-refractivity contribution in [1.29, 1.82) is 0 Å². The van der Waals surface area contributed by atoms with Crippen LogP contribution in [0.1, 0.15) is 23.2 Å². The lowest BCUT2D eigenvalue weighted by Crippen LogP contribution is -2.32. The summed E-state index contributed by atoms with van der Waals surface area (Å²) >= 11 is 9.21. The summed E-state index contributed by atoms with van der Waals surface area (Å²) in [5.74, 6) is 0.470. The summed E-state index contributed by atoms with van der Waals surface area (Å²) in [5, 5.41) is 3.56. The molecule has 0 atom stereocenters. The second kappa shape index (κ2) is 6.55. The number of ether oxygens (including phenoxy) is 1. The molecule has 0 saturated carbocycles. The molecular formula is C13H15BrClNO2. The Morgan fingerprint density at radius 2 is 2.17 bits per heavy atom. The Morgan fingerprint density at radius 1 is 1.44 bits per heavy atom. The van der Waals surface area contributed by atoms with Crippen LogP contribution in [0.3, 0.4) is 0 Å². The molecule has 98 valence electrons. The first-order valence-corrected chi connectivity index (χ1v) is 7.15. The second-order valence-electron chi connectivity index (χ2n) is 4.39. The lowest BCUT2D eigenvalue weighted by molar-refractivity contribution is 0.0642. The van der Waals surface area contributed by atoms with Gasteiger partial charge in [-0.25, -0.2) is 0 Å². The predicted octanol–water partition coefficient (Wildman–Crippen LogP) is 3.26. The van der Waals surface area contributed by atoms with Crippen LogP contribution in [0.2, 0.25) is 5.02 Å². The predicted molar refractivity (Wildman–Crippen MR) is 75.0 cm³/mol. The van der Waals surface area contributed by atoms with Crippen LogP contribution >= 0.6 is 27.5 Å². The zero-order valence-corrected chi connectivity index (χ0v) is 12.3. The summed E-state index contributed by atoms with van der Waals surface area (Å²) in [6.07, 6.45) is 2.04. The highest BCUT2D eigenvalue weighted by Gasteiger charge is 2.15. The lowest BCUT2D eigenvalue weighted by Gasteiger charge is -2.22. The number of carbonyl (C=O) groups excluding carboxylic acids is 1. The van der Waals surface area contributed by atoms with Gasteiger partial charge in [0.2, 0.25) is 0 Å². The standard InChI is InChI=1S/C13H15BrClNO2/c14-11-7-10(1-2-12(11)15)13(17)16-8-9-3-5-18-6-4-9/h1-2,7,9H,3-6,8H2,(H,16,17). The van der Waals surface area contributed by atoms with Crippen molar-refractivity contribution < 1.29 is 9.53 Å². The summed E-state index contributed by atoms with van der Waals surface area (Å²) in [6, 6.07) is 5.18. The van der Waals surface area contributed by atoms with Crippen molar-refractivity contribution >= 4 is 33.4 Å². The zero-order chi connectivity index (χ0) is 13.0. The minimum absolute atomic E-state index is 0.0566. The lowest BCUT2D eigenvalue weighted by atomic mass is 10.0. The number of hydrogen-bond acceptors (Lipinski definition) is 2. The van der Waals surface area contributed by atoms with Crippen molar-refractivity contribution in [2.24, 2.45) is 5.92 Å². The highest BCUT2D eigenvalue weighted by molar-refractivity contribution is 9.10. The van der Waals surface area contributed by atoms with Gasteiger partial charge in [-0.15, -0.1) is 0 Å². The summed E-state index contributed by atoms with van der Waals surface area (Å²) in [6.45, 7) is 2.31. The molecule has 1 aromatic carbocycles. The zero-order valence-electron chi connectivity index (χ0n) is 9.92. The average Bonchev–Trinajstić information content (AvgIpc) is 2.40. The molecule has 0 bridgehead atoms. The van der Waals surface area contributed by atoms with E-state index in [2.05, 4.69) is 21.2 Å². The highest BCUT2D eigenvalue weighted by Crippen LogP contribution is 2.23. The van der Waals surface area contributed by atoms with Crippen molar-refractivity contribution in [3.05, 3.63) is 33.3 Å². The average molecular weight is 333 g/mol. The minimum atomic E-state index is -0.0566. The van der Waals surface area contributed by atoms with Crippen molar-refractivity contribution in [1.82, 2.24) is 5.32 Å². The van der Waals surface area contributed by atoms with Crippen LogP contribution in [0, 0.1) is 5.92 Å². The molecule has 1 aliphatic rings. The number of hydrogen-bond donors (Lipinski definition) is 1. The van der Waals surface area contributed by atoms with Gasteiger partial charge in [0.05, 0.1) is 5.02 Å².